The summed E-state index contributed by atoms with van der Waals surface area (Å²) in [6, 6.07) is 3.62. The molecular formula is C17H23N5O2. The van der Waals surface area contributed by atoms with Crippen molar-refractivity contribution in [2.24, 2.45) is 0 Å². The Morgan fingerprint density at radius 3 is 2.96 bits per heavy atom. The number of methoxy groups -OCH3 is 1. The quantitative estimate of drug-likeness (QED) is 0.879. The third-order valence-corrected chi connectivity index (χ3v) is 4.10. The average molecular weight is 329 g/mol. The molecule has 0 unspecified atom stereocenters. The van der Waals surface area contributed by atoms with E-state index in [1.807, 2.05) is 6.07 Å². The number of pyridine rings is 1. The van der Waals surface area contributed by atoms with Crippen LogP contribution in [0.15, 0.2) is 30.7 Å². The van der Waals surface area contributed by atoms with Crippen molar-refractivity contribution >= 4 is 17.4 Å². The number of ether oxygens (including phenoxy) is 1. The normalized spacial score (nSPS) is 14.6. The van der Waals surface area contributed by atoms with Crippen LogP contribution >= 0.6 is 0 Å². The number of nitrogens with one attached hydrogen (secondary N) is 1. The zero-order valence-corrected chi connectivity index (χ0v) is 13.9. The summed E-state index contributed by atoms with van der Waals surface area (Å²) < 4.78 is 6.77. The summed E-state index contributed by atoms with van der Waals surface area (Å²) in [6.07, 6.45) is 8.71. The molecule has 0 radical (unpaired) electrons. The Morgan fingerprint density at radius 1 is 1.33 bits per heavy atom. The van der Waals surface area contributed by atoms with E-state index in [4.69, 9.17) is 4.74 Å². The molecule has 3 rings (SSSR count). The van der Waals surface area contributed by atoms with Crippen molar-refractivity contribution in [2.75, 3.05) is 37.0 Å². The molecule has 1 saturated heterocycles. The van der Waals surface area contributed by atoms with Crippen molar-refractivity contribution in [2.45, 2.75) is 25.8 Å². The van der Waals surface area contributed by atoms with Crippen LogP contribution in [0.5, 0.6) is 0 Å². The van der Waals surface area contributed by atoms with E-state index in [1.54, 1.807) is 36.4 Å². The highest BCUT2D eigenvalue weighted by molar-refractivity contribution is 6.07. The minimum absolute atomic E-state index is 0.157. The van der Waals surface area contributed by atoms with E-state index in [0.29, 0.717) is 24.4 Å². The van der Waals surface area contributed by atoms with Gasteiger partial charge in [-0.3, -0.25) is 9.48 Å². The molecule has 2 aromatic rings. The molecule has 3 heterocycles. The first-order valence-electron chi connectivity index (χ1n) is 8.30. The van der Waals surface area contributed by atoms with Gasteiger partial charge in [-0.15, -0.1) is 0 Å². The number of piperidine rings is 1. The fourth-order valence-electron chi connectivity index (χ4n) is 2.87. The molecule has 128 valence electrons. The van der Waals surface area contributed by atoms with Gasteiger partial charge in [-0.05, 0) is 31.4 Å². The number of anilines is 2. The largest absolute Gasteiger partial charge is 0.383 e. The van der Waals surface area contributed by atoms with Crippen LogP contribution in [0.2, 0.25) is 0 Å². The van der Waals surface area contributed by atoms with Gasteiger partial charge in [0, 0.05) is 32.6 Å². The number of rotatable bonds is 6. The smallest absolute Gasteiger partial charge is 0.259 e. The molecule has 0 aromatic carbocycles. The van der Waals surface area contributed by atoms with Gasteiger partial charge < -0.3 is 15.0 Å². The summed E-state index contributed by atoms with van der Waals surface area (Å²) in [5.41, 5.74) is 1.27. The molecule has 24 heavy (non-hydrogen) atoms. The number of carbonyl (C=O) groups excluding carboxylic acids is 1. The monoisotopic (exact) mass is 329 g/mol. The van der Waals surface area contributed by atoms with Crippen LogP contribution in [0.4, 0.5) is 11.5 Å². The number of carbonyl (C=O) groups is 1. The lowest BCUT2D eigenvalue weighted by Gasteiger charge is -2.29. The van der Waals surface area contributed by atoms with Gasteiger partial charge in [0.05, 0.1) is 30.6 Å². The van der Waals surface area contributed by atoms with Gasteiger partial charge >= 0.3 is 0 Å². The van der Waals surface area contributed by atoms with E-state index in [1.165, 1.54) is 6.42 Å². The lowest BCUT2D eigenvalue weighted by atomic mass is 10.1. The van der Waals surface area contributed by atoms with Gasteiger partial charge in [0.15, 0.2) is 0 Å². The molecule has 0 bridgehead atoms. The number of hydrogen-bond acceptors (Lipinski definition) is 5. The van der Waals surface area contributed by atoms with E-state index in [0.717, 1.165) is 31.7 Å². The Labute approximate surface area is 141 Å². The van der Waals surface area contributed by atoms with E-state index in [2.05, 4.69) is 20.3 Å². The number of aromatic nitrogens is 3. The van der Waals surface area contributed by atoms with Crippen LogP contribution in [0.1, 0.15) is 29.6 Å². The first-order chi connectivity index (χ1) is 11.8. The molecule has 7 nitrogen and oxygen atoms in total. The van der Waals surface area contributed by atoms with Gasteiger partial charge in [0.2, 0.25) is 0 Å². The second-order valence-electron chi connectivity index (χ2n) is 5.86. The molecule has 1 N–H and O–H groups in total. The van der Waals surface area contributed by atoms with Crippen molar-refractivity contribution in [3.63, 3.8) is 0 Å². The zero-order valence-electron chi connectivity index (χ0n) is 13.9. The molecule has 7 heteroatoms. The maximum Gasteiger partial charge on any atom is 0.259 e. The molecule has 1 aliphatic rings. The Bertz CT molecular complexity index is 679. The highest BCUT2D eigenvalue weighted by Gasteiger charge is 2.19. The maximum atomic E-state index is 12.7. The first kappa shape index (κ1) is 16.4. The van der Waals surface area contributed by atoms with Crippen LogP contribution < -0.4 is 10.2 Å². The molecule has 0 atom stereocenters. The standard InChI is InChI=1S/C17H23N5O2/c1-24-11-10-22-13-14(12-19-22)20-17(23)15-6-5-7-18-16(15)21-8-3-2-4-9-21/h5-7,12-13H,2-4,8-11H2,1H3,(H,20,23). The van der Waals surface area contributed by atoms with E-state index in [9.17, 15) is 4.79 Å². The Kier molecular flexibility index (Phi) is 5.43. The number of amides is 1. The van der Waals surface area contributed by atoms with Crippen LogP contribution in [-0.4, -0.2) is 47.5 Å². The summed E-state index contributed by atoms with van der Waals surface area (Å²) in [6.45, 7) is 3.13. The molecule has 1 amide bonds. The highest BCUT2D eigenvalue weighted by Crippen LogP contribution is 2.22. The van der Waals surface area contributed by atoms with Gasteiger partial charge in [-0.1, -0.05) is 0 Å². The van der Waals surface area contributed by atoms with Crippen molar-refractivity contribution in [3.8, 4) is 0 Å². The minimum atomic E-state index is -0.157. The van der Waals surface area contributed by atoms with E-state index < -0.39 is 0 Å². The van der Waals surface area contributed by atoms with Crippen molar-refractivity contribution in [1.82, 2.24) is 14.8 Å². The highest BCUT2D eigenvalue weighted by atomic mass is 16.5. The van der Waals surface area contributed by atoms with Crippen molar-refractivity contribution in [1.29, 1.82) is 0 Å². The third kappa shape index (κ3) is 3.91. The van der Waals surface area contributed by atoms with Gasteiger partial charge in [0.1, 0.15) is 5.82 Å². The van der Waals surface area contributed by atoms with Gasteiger partial charge in [0.25, 0.3) is 5.91 Å². The second-order valence-corrected chi connectivity index (χ2v) is 5.86. The summed E-state index contributed by atoms with van der Waals surface area (Å²) in [5.74, 6) is 0.608. The molecule has 0 saturated carbocycles. The topological polar surface area (TPSA) is 72.3 Å². The van der Waals surface area contributed by atoms with Crippen LogP contribution in [0, 0.1) is 0 Å². The number of hydrogen-bond donors (Lipinski definition) is 1. The second kappa shape index (κ2) is 7.92. The van der Waals surface area contributed by atoms with Gasteiger partial charge in [-0.25, -0.2) is 4.98 Å². The average Bonchev–Trinajstić information content (AvgIpc) is 3.08. The van der Waals surface area contributed by atoms with E-state index >= 15 is 0 Å². The van der Waals surface area contributed by atoms with E-state index in [-0.39, 0.29) is 5.91 Å². The first-order valence-corrected chi connectivity index (χ1v) is 8.30. The van der Waals surface area contributed by atoms with Crippen LogP contribution in [0.25, 0.3) is 0 Å². The molecule has 0 aliphatic carbocycles. The van der Waals surface area contributed by atoms with Crippen molar-refractivity contribution in [3.05, 3.63) is 36.3 Å². The summed E-state index contributed by atoms with van der Waals surface area (Å²) >= 11 is 0. The molecular weight excluding hydrogens is 306 g/mol. The molecule has 0 spiro atoms. The molecule has 1 fully saturated rings. The summed E-state index contributed by atoms with van der Waals surface area (Å²) in [7, 11) is 1.65. The number of nitrogens with zero attached hydrogens (tertiary/aromatic N) is 4. The van der Waals surface area contributed by atoms with Gasteiger partial charge in [-0.2, -0.15) is 5.10 Å². The zero-order chi connectivity index (χ0) is 16.8. The third-order valence-electron chi connectivity index (χ3n) is 4.10. The lowest BCUT2D eigenvalue weighted by Crippen LogP contribution is -2.32. The summed E-state index contributed by atoms with van der Waals surface area (Å²) in [4.78, 5) is 19.3. The molecule has 1 aliphatic heterocycles. The Balaban J connectivity index is 1.71. The maximum absolute atomic E-state index is 12.7. The fourth-order valence-corrected chi connectivity index (χ4v) is 2.87. The van der Waals surface area contributed by atoms with Crippen molar-refractivity contribution < 1.29 is 9.53 Å². The predicted octanol–water partition coefficient (Wildman–Crippen LogP) is 2.17. The Hall–Kier alpha value is -2.41. The fraction of sp³-hybridized carbons (Fsp3) is 0.471. The minimum Gasteiger partial charge on any atom is -0.383 e. The lowest BCUT2D eigenvalue weighted by molar-refractivity contribution is 0.102. The van der Waals surface area contributed by atoms with Crippen LogP contribution in [-0.2, 0) is 11.3 Å². The SMILES string of the molecule is COCCn1cc(NC(=O)c2cccnc2N2CCCCC2)cn1. The molecule has 2 aromatic heterocycles. The predicted molar refractivity (Wildman–Crippen MR) is 92.4 cm³/mol. The Morgan fingerprint density at radius 2 is 2.17 bits per heavy atom. The summed E-state index contributed by atoms with van der Waals surface area (Å²) in [5, 5.41) is 7.11. The van der Waals surface area contributed by atoms with Crippen LogP contribution in [0.3, 0.4) is 0 Å².